The summed E-state index contributed by atoms with van der Waals surface area (Å²) in [6, 6.07) is 7.07. The molecule has 0 aromatic heterocycles. The Balaban J connectivity index is 1.94. The van der Waals surface area contributed by atoms with E-state index in [4.69, 9.17) is 0 Å². The summed E-state index contributed by atoms with van der Waals surface area (Å²) in [5, 5.41) is 5.83. The van der Waals surface area contributed by atoms with Gasteiger partial charge in [-0.2, -0.15) is 0 Å². The number of carbonyl (C=O) groups is 2. The highest BCUT2D eigenvalue weighted by Gasteiger charge is 2.22. The predicted molar refractivity (Wildman–Crippen MR) is 80.0 cm³/mol. The Bertz CT molecular complexity index is 499. The lowest BCUT2D eigenvalue weighted by Gasteiger charge is -2.29. The first kappa shape index (κ1) is 14.6. The van der Waals surface area contributed by atoms with Gasteiger partial charge >= 0.3 is 6.03 Å². The van der Waals surface area contributed by atoms with Crippen LogP contribution in [0.3, 0.4) is 0 Å². The van der Waals surface area contributed by atoms with Crippen LogP contribution in [0.5, 0.6) is 0 Å². The van der Waals surface area contributed by atoms with Gasteiger partial charge in [0.2, 0.25) is 0 Å². The molecule has 0 saturated heterocycles. The van der Waals surface area contributed by atoms with Crippen molar-refractivity contribution in [1.82, 2.24) is 5.32 Å². The van der Waals surface area contributed by atoms with Gasteiger partial charge in [0, 0.05) is 17.3 Å². The van der Waals surface area contributed by atoms with E-state index in [0.29, 0.717) is 17.2 Å². The Morgan fingerprint density at radius 1 is 1.20 bits per heavy atom. The van der Waals surface area contributed by atoms with Crippen LogP contribution in [0.15, 0.2) is 24.3 Å². The van der Waals surface area contributed by atoms with E-state index in [-0.39, 0.29) is 17.9 Å². The maximum absolute atomic E-state index is 12.0. The van der Waals surface area contributed by atoms with Gasteiger partial charge in [-0.25, -0.2) is 4.79 Å². The second-order valence-corrected chi connectivity index (χ2v) is 5.60. The third-order valence-corrected chi connectivity index (χ3v) is 3.95. The van der Waals surface area contributed by atoms with Crippen LogP contribution in [0.2, 0.25) is 0 Å². The average Bonchev–Trinajstić information content (AvgIpc) is 2.41. The molecular formula is C16H22N2O2. The molecule has 0 radical (unpaired) electrons. The van der Waals surface area contributed by atoms with E-state index in [9.17, 15) is 9.59 Å². The number of hydrogen-bond donors (Lipinski definition) is 2. The lowest BCUT2D eigenvalue weighted by molar-refractivity contribution is 0.101. The molecule has 1 aliphatic carbocycles. The van der Waals surface area contributed by atoms with E-state index >= 15 is 0 Å². The van der Waals surface area contributed by atoms with Crippen molar-refractivity contribution in [2.24, 2.45) is 5.92 Å². The highest BCUT2D eigenvalue weighted by atomic mass is 16.2. The van der Waals surface area contributed by atoms with Crippen LogP contribution in [0.1, 0.15) is 49.9 Å². The molecule has 1 aromatic carbocycles. The Kier molecular flexibility index (Phi) is 4.77. The van der Waals surface area contributed by atoms with E-state index in [1.165, 1.54) is 26.2 Å². The minimum atomic E-state index is -0.190. The van der Waals surface area contributed by atoms with E-state index in [1.54, 1.807) is 24.3 Å². The summed E-state index contributed by atoms with van der Waals surface area (Å²) in [6.45, 7) is 3.70. The van der Waals surface area contributed by atoms with Crippen LogP contribution in [0, 0.1) is 5.92 Å². The highest BCUT2D eigenvalue weighted by Crippen LogP contribution is 2.23. The van der Waals surface area contributed by atoms with Crippen LogP contribution in [0.4, 0.5) is 10.5 Å². The van der Waals surface area contributed by atoms with Gasteiger partial charge in [-0.1, -0.05) is 31.9 Å². The Hall–Kier alpha value is -1.84. The van der Waals surface area contributed by atoms with Gasteiger partial charge < -0.3 is 10.6 Å². The highest BCUT2D eigenvalue weighted by molar-refractivity contribution is 5.96. The monoisotopic (exact) mass is 274 g/mol. The fraction of sp³-hybridized carbons (Fsp3) is 0.500. The molecule has 1 aromatic rings. The summed E-state index contributed by atoms with van der Waals surface area (Å²) in [4.78, 5) is 23.3. The quantitative estimate of drug-likeness (QED) is 0.827. The smallest absolute Gasteiger partial charge is 0.319 e. The van der Waals surface area contributed by atoms with Crippen molar-refractivity contribution in [1.29, 1.82) is 0 Å². The number of nitrogens with one attached hydrogen (secondary N) is 2. The number of benzene rings is 1. The SMILES string of the molecule is CC(=O)c1cccc(NC(=O)N[C@H]2CCCC[C@@H]2C)c1. The number of amides is 2. The molecule has 0 bridgehead atoms. The molecule has 0 unspecified atom stereocenters. The summed E-state index contributed by atoms with van der Waals surface area (Å²) < 4.78 is 0. The van der Waals surface area contributed by atoms with E-state index in [2.05, 4.69) is 17.6 Å². The molecule has 0 spiro atoms. The first-order chi connectivity index (χ1) is 9.56. The zero-order valence-corrected chi connectivity index (χ0v) is 12.1. The van der Waals surface area contributed by atoms with Crippen LogP contribution < -0.4 is 10.6 Å². The van der Waals surface area contributed by atoms with Crippen molar-refractivity contribution in [2.75, 3.05) is 5.32 Å². The number of ketones is 1. The molecule has 4 nitrogen and oxygen atoms in total. The van der Waals surface area contributed by atoms with Crippen molar-refractivity contribution in [2.45, 2.75) is 45.6 Å². The second-order valence-electron chi connectivity index (χ2n) is 5.60. The number of anilines is 1. The standard InChI is InChI=1S/C16H22N2O2/c1-11-6-3-4-9-15(11)18-16(20)17-14-8-5-7-13(10-14)12(2)19/h5,7-8,10-11,15H,3-4,6,9H2,1-2H3,(H2,17,18,20)/t11-,15-/m0/s1. The number of Topliss-reactive ketones (excluding diaryl/α,β-unsaturated/α-hetero) is 1. The molecule has 4 heteroatoms. The van der Waals surface area contributed by atoms with Crippen LogP contribution in [-0.4, -0.2) is 17.9 Å². The Morgan fingerprint density at radius 3 is 2.65 bits per heavy atom. The van der Waals surface area contributed by atoms with Crippen molar-refractivity contribution in [3.63, 3.8) is 0 Å². The van der Waals surface area contributed by atoms with Gasteiger partial charge in [0.05, 0.1) is 0 Å². The fourth-order valence-electron chi connectivity index (χ4n) is 2.68. The van der Waals surface area contributed by atoms with E-state index < -0.39 is 0 Å². The normalized spacial score (nSPS) is 22.1. The lowest BCUT2D eigenvalue weighted by Crippen LogP contribution is -2.43. The summed E-state index contributed by atoms with van der Waals surface area (Å²) in [5.41, 5.74) is 1.26. The summed E-state index contributed by atoms with van der Waals surface area (Å²) in [6.07, 6.45) is 4.64. The number of urea groups is 1. The molecule has 2 amide bonds. The minimum absolute atomic E-state index is 0.00467. The topological polar surface area (TPSA) is 58.2 Å². The van der Waals surface area contributed by atoms with Gasteiger partial charge in [-0.05, 0) is 37.8 Å². The van der Waals surface area contributed by atoms with Gasteiger partial charge in [0.1, 0.15) is 0 Å². The molecule has 1 fully saturated rings. The average molecular weight is 274 g/mol. The predicted octanol–water partition coefficient (Wildman–Crippen LogP) is 3.59. The maximum atomic E-state index is 12.0. The zero-order chi connectivity index (χ0) is 14.5. The van der Waals surface area contributed by atoms with Gasteiger partial charge in [-0.3, -0.25) is 4.79 Å². The molecule has 20 heavy (non-hydrogen) atoms. The molecule has 2 rings (SSSR count). The largest absolute Gasteiger partial charge is 0.335 e. The van der Waals surface area contributed by atoms with E-state index in [1.807, 2.05) is 0 Å². The Labute approximate surface area is 119 Å². The number of rotatable bonds is 3. The minimum Gasteiger partial charge on any atom is -0.335 e. The van der Waals surface area contributed by atoms with Gasteiger partial charge in [-0.15, -0.1) is 0 Å². The van der Waals surface area contributed by atoms with Crippen molar-refractivity contribution in [3.8, 4) is 0 Å². The van der Waals surface area contributed by atoms with Crippen molar-refractivity contribution in [3.05, 3.63) is 29.8 Å². The first-order valence-electron chi connectivity index (χ1n) is 7.25. The molecule has 1 saturated carbocycles. The summed E-state index contributed by atoms with van der Waals surface area (Å²) >= 11 is 0. The third kappa shape index (κ3) is 3.83. The summed E-state index contributed by atoms with van der Waals surface area (Å²) in [5.74, 6) is 0.521. The third-order valence-electron chi connectivity index (χ3n) is 3.95. The number of hydrogen-bond acceptors (Lipinski definition) is 2. The fourth-order valence-corrected chi connectivity index (χ4v) is 2.68. The molecule has 1 aliphatic rings. The van der Waals surface area contributed by atoms with Gasteiger partial charge in [0.15, 0.2) is 5.78 Å². The second kappa shape index (κ2) is 6.55. The lowest BCUT2D eigenvalue weighted by atomic mass is 9.86. The molecular weight excluding hydrogens is 252 g/mol. The molecule has 2 atom stereocenters. The summed E-state index contributed by atoms with van der Waals surface area (Å²) in [7, 11) is 0. The first-order valence-corrected chi connectivity index (χ1v) is 7.25. The van der Waals surface area contributed by atoms with Crippen molar-refractivity contribution < 1.29 is 9.59 Å². The van der Waals surface area contributed by atoms with E-state index in [0.717, 1.165) is 6.42 Å². The Morgan fingerprint density at radius 2 is 1.95 bits per heavy atom. The molecule has 2 N–H and O–H groups in total. The van der Waals surface area contributed by atoms with Crippen molar-refractivity contribution >= 4 is 17.5 Å². The molecule has 108 valence electrons. The van der Waals surface area contributed by atoms with Crippen LogP contribution in [-0.2, 0) is 0 Å². The molecule has 0 heterocycles. The zero-order valence-electron chi connectivity index (χ0n) is 12.1. The van der Waals surface area contributed by atoms with Gasteiger partial charge in [0.25, 0.3) is 0 Å². The van der Waals surface area contributed by atoms with Crippen LogP contribution in [0.25, 0.3) is 0 Å². The molecule has 0 aliphatic heterocycles. The maximum Gasteiger partial charge on any atom is 0.319 e. The number of carbonyl (C=O) groups excluding carboxylic acids is 2. The van der Waals surface area contributed by atoms with Crippen LogP contribution >= 0.6 is 0 Å².